The second kappa shape index (κ2) is 3.65. The molecule has 0 aliphatic heterocycles. The summed E-state index contributed by atoms with van der Waals surface area (Å²) in [6.07, 6.45) is 2.26. The van der Waals surface area contributed by atoms with Crippen LogP contribution >= 0.6 is 0 Å². The monoisotopic (exact) mass is 216 g/mol. The Bertz CT molecular complexity index is 433. The molecule has 1 aromatic rings. The summed E-state index contributed by atoms with van der Waals surface area (Å²) < 4.78 is 0. The number of aromatic hydroxyl groups is 1. The van der Waals surface area contributed by atoms with Crippen LogP contribution < -0.4 is 0 Å². The van der Waals surface area contributed by atoms with Crippen LogP contribution in [0.4, 0.5) is 0 Å². The van der Waals surface area contributed by atoms with Crippen molar-refractivity contribution < 1.29 is 5.11 Å². The minimum Gasteiger partial charge on any atom is -0.508 e. The van der Waals surface area contributed by atoms with E-state index in [0.29, 0.717) is 11.7 Å². The van der Waals surface area contributed by atoms with E-state index < -0.39 is 0 Å². The summed E-state index contributed by atoms with van der Waals surface area (Å²) >= 11 is 0. The summed E-state index contributed by atoms with van der Waals surface area (Å²) in [5.41, 5.74) is 3.35. The predicted molar refractivity (Wildman–Crippen MR) is 67.7 cm³/mol. The van der Waals surface area contributed by atoms with Crippen LogP contribution in [0, 0.1) is 12.8 Å². The van der Waals surface area contributed by atoms with E-state index in [9.17, 15) is 5.11 Å². The molecular weight excluding hydrogens is 196 g/mol. The lowest BCUT2D eigenvalue weighted by molar-refractivity contribution is 0.445. The Kier molecular flexibility index (Phi) is 2.57. The number of hydrogen-bond acceptors (Lipinski definition) is 1. The Hall–Kier alpha value is -1.24. The van der Waals surface area contributed by atoms with Crippen LogP contribution in [0.15, 0.2) is 30.4 Å². The molecule has 0 heterocycles. The zero-order chi connectivity index (χ0) is 11.9. The van der Waals surface area contributed by atoms with Gasteiger partial charge in [0.15, 0.2) is 0 Å². The van der Waals surface area contributed by atoms with Crippen molar-refractivity contribution in [2.45, 2.75) is 39.0 Å². The first-order valence-corrected chi connectivity index (χ1v) is 5.94. The number of benzene rings is 1. The summed E-state index contributed by atoms with van der Waals surface area (Å²) in [5, 5.41) is 10.1. The molecule has 1 N–H and O–H groups in total. The number of hydrogen-bond donors (Lipinski definition) is 1. The number of allylic oxidation sites excluding steroid dienone is 1. The fourth-order valence-corrected chi connectivity index (χ4v) is 2.80. The number of phenols is 1. The van der Waals surface area contributed by atoms with E-state index in [0.717, 1.165) is 17.5 Å². The SMILES string of the molecule is C=C1[C@H](C)CC[C@]1(C)c1ccc(C)cc1O. The average Bonchev–Trinajstić information content (AvgIpc) is 2.47. The predicted octanol–water partition coefficient (Wildman–Crippen LogP) is 3.94. The summed E-state index contributed by atoms with van der Waals surface area (Å²) in [5.74, 6) is 0.975. The van der Waals surface area contributed by atoms with Gasteiger partial charge in [-0.15, -0.1) is 0 Å². The standard InChI is InChI=1S/C15H20O/c1-10-5-6-13(14(16)9-10)15(4)8-7-11(2)12(15)3/h5-6,9,11,16H,3,7-8H2,1-2,4H3/t11-,15+/m1/s1. The molecule has 16 heavy (non-hydrogen) atoms. The van der Waals surface area contributed by atoms with E-state index in [1.807, 2.05) is 19.1 Å². The molecule has 0 spiro atoms. The highest BCUT2D eigenvalue weighted by molar-refractivity contribution is 5.47. The van der Waals surface area contributed by atoms with Crippen molar-refractivity contribution in [3.8, 4) is 5.75 Å². The van der Waals surface area contributed by atoms with Gasteiger partial charge in [-0.05, 0) is 37.3 Å². The van der Waals surface area contributed by atoms with Crippen LogP contribution in [0.1, 0.15) is 37.8 Å². The molecule has 1 aliphatic carbocycles. The van der Waals surface area contributed by atoms with Crippen molar-refractivity contribution in [2.24, 2.45) is 5.92 Å². The maximum absolute atomic E-state index is 10.1. The van der Waals surface area contributed by atoms with E-state index in [2.05, 4.69) is 26.5 Å². The fourth-order valence-electron chi connectivity index (χ4n) is 2.80. The Morgan fingerprint density at radius 1 is 1.44 bits per heavy atom. The van der Waals surface area contributed by atoms with E-state index in [4.69, 9.17) is 0 Å². The lowest BCUT2D eigenvalue weighted by Gasteiger charge is -2.28. The smallest absolute Gasteiger partial charge is 0.119 e. The molecule has 0 saturated heterocycles. The summed E-state index contributed by atoms with van der Waals surface area (Å²) in [6, 6.07) is 5.96. The summed E-state index contributed by atoms with van der Waals surface area (Å²) in [7, 11) is 0. The van der Waals surface area contributed by atoms with Gasteiger partial charge in [0.2, 0.25) is 0 Å². The van der Waals surface area contributed by atoms with Crippen molar-refractivity contribution >= 4 is 0 Å². The molecule has 86 valence electrons. The van der Waals surface area contributed by atoms with Crippen molar-refractivity contribution in [1.29, 1.82) is 0 Å². The first-order chi connectivity index (χ1) is 7.45. The topological polar surface area (TPSA) is 20.2 Å². The summed E-state index contributed by atoms with van der Waals surface area (Å²) in [6.45, 7) is 10.6. The molecule has 0 unspecified atom stereocenters. The van der Waals surface area contributed by atoms with Gasteiger partial charge < -0.3 is 5.11 Å². The van der Waals surface area contributed by atoms with Gasteiger partial charge in [0.05, 0.1) is 0 Å². The molecule has 1 aromatic carbocycles. The van der Waals surface area contributed by atoms with Gasteiger partial charge in [-0.1, -0.05) is 38.1 Å². The molecule has 1 fully saturated rings. The van der Waals surface area contributed by atoms with Crippen LogP contribution in [0.5, 0.6) is 5.75 Å². The molecule has 0 aromatic heterocycles. The van der Waals surface area contributed by atoms with Gasteiger partial charge in [-0.25, -0.2) is 0 Å². The lowest BCUT2D eigenvalue weighted by atomic mass is 9.76. The number of aryl methyl sites for hydroxylation is 1. The molecular formula is C15H20O. The van der Waals surface area contributed by atoms with Crippen molar-refractivity contribution in [1.82, 2.24) is 0 Å². The van der Waals surface area contributed by atoms with Gasteiger partial charge in [0.1, 0.15) is 5.75 Å². The van der Waals surface area contributed by atoms with Crippen LogP contribution in [0.3, 0.4) is 0 Å². The zero-order valence-electron chi connectivity index (χ0n) is 10.4. The minimum atomic E-state index is -0.0444. The molecule has 0 radical (unpaired) electrons. The largest absolute Gasteiger partial charge is 0.508 e. The van der Waals surface area contributed by atoms with Crippen LogP contribution in [-0.4, -0.2) is 5.11 Å². The minimum absolute atomic E-state index is 0.0444. The Labute approximate surface area is 97.8 Å². The first-order valence-electron chi connectivity index (χ1n) is 5.94. The Morgan fingerprint density at radius 3 is 2.62 bits per heavy atom. The van der Waals surface area contributed by atoms with Gasteiger partial charge in [0, 0.05) is 11.0 Å². The average molecular weight is 216 g/mol. The van der Waals surface area contributed by atoms with Crippen LogP contribution in [0.2, 0.25) is 0 Å². The Balaban J connectivity index is 2.48. The second-order valence-electron chi connectivity index (χ2n) is 5.32. The third-order valence-electron chi connectivity index (χ3n) is 4.13. The van der Waals surface area contributed by atoms with Crippen LogP contribution in [-0.2, 0) is 5.41 Å². The molecule has 2 atom stereocenters. The van der Waals surface area contributed by atoms with E-state index in [1.54, 1.807) is 0 Å². The third-order valence-corrected chi connectivity index (χ3v) is 4.13. The van der Waals surface area contributed by atoms with Crippen LogP contribution in [0.25, 0.3) is 0 Å². The zero-order valence-corrected chi connectivity index (χ0v) is 10.4. The van der Waals surface area contributed by atoms with Gasteiger partial charge in [-0.2, -0.15) is 0 Å². The highest BCUT2D eigenvalue weighted by Crippen LogP contribution is 2.49. The molecule has 0 amide bonds. The molecule has 0 bridgehead atoms. The van der Waals surface area contributed by atoms with Crippen molar-refractivity contribution in [3.63, 3.8) is 0 Å². The van der Waals surface area contributed by atoms with Gasteiger partial charge in [-0.3, -0.25) is 0 Å². The number of phenolic OH excluding ortho intramolecular Hbond substituents is 1. The molecule has 2 rings (SSSR count). The normalized spacial score (nSPS) is 29.7. The van der Waals surface area contributed by atoms with Gasteiger partial charge >= 0.3 is 0 Å². The highest BCUT2D eigenvalue weighted by Gasteiger charge is 2.39. The molecule has 1 aliphatic rings. The van der Waals surface area contributed by atoms with Gasteiger partial charge in [0.25, 0.3) is 0 Å². The number of rotatable bonds is 1. The third kappa shape index (κ3) is 1.55. The maximum Gasteiger partial charge on any atom is 0.119 e. The van der Waals surface area contributed by atoms with Crippen molar-refractivity contribution in [3.05, 3.63) is 41.5 Å². The molecule has 1 heteroatoms. The Morgan fingerprint density at radius 2 is 2.12 bits per heavy atom. The lowest BCUT2D eigenvalue weighted by Crippen LogP contribution is -2.20. The van der Waals surface area contributed by atoms with E-state index in [1.165, 1.54) is 12.0 Å². The van der Waals surface area contributed by atoms with Crippen molar-refractivity contribution in [2.75, 3.05) is 0 Å². The second-order valence-corrected chi connectivity index (χ2v) is 5.32. The summed E-state index contributed by atoms with van der Waals surface area (Å²) in [4.78, 5) is 0. The molecule has 1 saturated carbocycles. The maximum atomic E-state index is 10.1. The highest BCUT2D eigenvalue weighted by atomic mass is 16.3. The van der Waals surface area contributed by atoms with E-state index in [-0.39, 0.29) is 5.41 Å². The quantitative estimate of drug-likeness (QED) is 0.705. The fraction of sp³-hybridized carbons (Fsp3) is 0.467. The first kappa shape index (κ1) is 11.3. The van der Waals surface area contributed by atoms with E-state index >= 15 is 0 Å². The molecule has 1 nitrogen and oxygen atoms in total.